The highest BCUT2D eigenvalue weighted by Gasteiger charge is 2.06. The summed E-state index contributed by atoms with van der Waals surface area (Å²) in [6, 6.07) is 16.4. The summed E-state index contributed by atoms with van der Waals surface area (Å²) < 4.78 is 11.0. The number of hydrogen-bond acceptors (Lipinski definition) is 4. The van der Waals surface area contributed by atoms with Crippen molar-refractivity contribution in [1.29, 1.82) is 5.26 Å². The molecule has 1 amide bonds. The molecule has 0 aromatic heterocycles. The quantitative estimate of drug-likeness (QED) is 0.850. The molecule has 2 aromatic rings. The first-order chi connectivity index (χ1) is 11.6. The predicted molar refractivity (Wildman–Crippen MR) is 90.7 cm³/mol. The molecule has 0 bridgehead atoms. The van der Waals surface area contributed by atoms with Crippen LogP contribution in [0.3, 0.4) is 0 Å². The van der Waals surface area contributed by atoms with Gasteiger partial charge < -0.3 is 14.8 Å². The van der Waals surface area contributed by atoms with Crippen LogP contribution in [0.1, 0.15) is 25.0 Å². The fourth-order valence-corrected chi connectivity index (χ4v) is 2.04. The molecule has 0 aliphatic heterocycles. The lowest BCUT2D eigenvalue weighted by Gasteiger charge is -2.11. The minimum absolute atomic E-state index is 0.129. The zero-order chi connectivity index (χ0) is 17.4. The molecule has 0 spiro atoms. The number of nitrogens with zero attached hydrogens (tertiary/aromatic N) is 1. The highest BCUT2D eigenvalue weighted by atomic mass is 16.5. The van der Waals surface area contributed by atoms with Gasteiger partial charge in [-0.05, 0) is 43.7 Å². The number of nitrogens with one attached hydrogen (secondary N) is 1. The van der Waals surface area contributed by atoms with Crippen LogP contribution in [0.4, 0.5) is 0 Å². The molecule has 24 heavy (non-hydrogen) atoms. The van der Waals surface area contributed by atoms with Crippen LogP contribution in [0.5, 0.6) is 11.5 Å². The number of carbonyl (C=O) groups is 1. The second-order valence-corrected chi connectivity index (χ2v) is 5.48. The third-order valence-electron chi connectivity index (χ3n) is 3.15. The van der Waals surface area contributed by atoms with E-state index in [2.05, 4.69) is 5.32 Å². The Morgan fingerprint density at radius 2 is 1.88 bits per heavy atom. The van der Waals surface area contributed by atoms with Gasteiger partial charge >= 0.3 is 0 Å². The Hall–Kier alpha value is -3.00. The lowest BCUT2D eigenvalue weighted by Crippen LogP contribution is -2.28. The maximum atomic E-state index is 11.9. The van der Waals surface area contributed by atoms with Crippen molar-refractivity contribution in [3.8, 4) is 17.6 Å². The van der Waals surface area contributed by atoms with Crippen LogP contribution in [0.25, 0.3) is 0 Å². The van der Waals surface area contributed by atoms with Gasteiger partial charge in [0.15, 0.2) is 6.61 Å². The molecule has 0 radical (unpaired) electrons. The van der Waals surface area contributed by atoms with E-state index in [-0.39, 0.29) is 18.6 Å². The highest BCUT2D eigenvalue weighted by Crippen LogP contribution is 2.16. The van der Waals surface area contributed by atoms with Gasteiger partial charge in [0.05, 0.1) is 11.7 Å². The van der Waals surface area contributed by atoms with E-state index in [1.165, 1.54) is 0 Å². The van der Waals surface area contributed by atoms with Crippen molar-refractivity contribution < 1.29 is 14.3 Å². The van der Waals surface area contributed by atoms with Gasteiger partial charge in [0.25, 0.3) is 5.91 Å². The molecule has 0 aliphatic rings. The maximum absolute atomic E-state index is 11.9. The molecule has 0 saturated heterocycles. The van der Waals surface area contributed by atoms with E-state index >= 15 is 0 Å². The highest BCUT2D eigenvalue weighted by molar-refractivity contribution is 5.77. The fourth-order valence-electron chi connectivity index (χ4n) is 2.04. The van der Waals surface area contributed by atoms with Crippen molar-refractivity contribution in [2.75, 3.05) is 6.61 Å². The van der Waals surface area contributed by atoms with Gasteiger partial charge in [-0.25, -0.2) is 0 Å². The van der Waals surface area contributed by atoms with Crippen LogP contribution in [0.2, 0.25) is 0 Å². The molecule has 124 valence electrons. The van der Waals surface area contributed by atoms with Crippen molar-refractivity contribution in [1.82, 2.24) is 5.32 Å². The Labute approximate surface area is 141 Å². The number of rotatable bonds is 7. The number of para-hydroxylation sites is 1. The van der Waals surface area contributed by atoms with Crippen molar-refractivity contribution in [2.45, 2.75) is 26.5 Å². The summed E-state index contributed by atoms with van der Waals surface area (Å²) in [6.07, 6.45) is 0.129. The van der Waals surface area contributed by atoms with E-state index in [9.17, 15) is 4.79 Å². The number of hydrogen-bond donors (Lipinski definition) is 1. The minimum atomic E-state index is -0.245. The van der Waals surface area contributed by atoms with Gasteiger partial charge in [0, 0.05) is 6.54 Å². The number of ether oxygens (including phenoxy) is 2. The Morgan fingerprint density at radius 1 is 1.17 bits per heavy atom. The summed E-state index contributed by atoms with van der Waals surface area (Å²) in [5.74, 6) is 0.965. The second kappa shape index (κ2) is 8.59. The molecule has 5 nitrogen and oxygen atoms in total. The molecular weight excluding hydrogens is 304 g/mol. The van der Waals surface area contributed by atoms with Crippen molar-refractivity contribution >= 4 is 5.91 Å². The van der Waals surface area contributed by atoms with Gasteiger partial charge in [-0.3, -0.25) is 4.79 Å². The number of nitriles is 1. The third kappa shape index (κ3) is 5.33. The van der Waals surface area contributed by atoms with Crippen molar-refractivity contribution in [2.24, 2.45) is 0 Å². The first kappa shape index (κ1) is 17.4. The molecular formula is C19H20N2O3. The van der Waals surface area contributed by atoms with Gasteiger partial charge in [-0.2, -0.15) is 5.26 Å². The van der Waals surface area contributed by atoms with Gasteiger partial charge in [-0.1, -0.05) is 24.3 Å². The summed E-state index contributed by atoms with van der Waals surface area (Å²) in [5, 5.41) is 11.8. The minimum Gasteiger partial charge on any atom is -0.491 e. The molecule has 2 aromatic carbocycles. The summed E-state index contributed by atoms with van der Waals surface area (Å²) >= 11 is 0. The summed E-state index contributed by atoms with van der Waals surface area (Å²) in [4.78, 5) is 11.9. The number of amides is 1. The predicted octanol–water partition coefficient (Wildman–Crippen LogP) is 3.04. The second-order valence-electron chi connectivity index (χ2n) is 5.48. The molecule has 1 N–H and O–H groups in total. The molecule has 0 atom stereocenters. The maximum Gasteiger partial charge on any atom is 0.258 e. The molecule has 5 heteroatoms. The zero-order valence-electron chi connectivity index (χ0n) is 13.8. The lowest BCUT2D eigenvalue weighted by atomic mass is 10.2. The molecule has 0 unspecified atom stereocenters. The SMILES string of the molecule is CC(C)Oc1ccc(CNC(=O)COc2ccccc2C#N)cc1. The van der Waals surface area contributed by atoms with Crippen LogP contribution in [0.15, 0.2) is 48.5 Å². The van der Waals surface area contributed by atoms with Gasteiger partial charge in [0.2, 0.25) is 0 Å². The van der Waals surface area contributed by atoms with Crippen LogP contribution >= 0.6 is 0 Å². The molecule has 2 rings (SSSR count). The Morgan fingerprint density at radius 3 is 2.54 bits per heavy atom. The van der Waals surface area contributed by atoms with Gasteiger partial charge in [0.1, 0.15) is 17.6 Å². The summed E-state index contributed by atoms with van der Waals surface area (Å²) in [7, 11) is 0. The van der Waals surface area contributed by atoms with Crippen molar-refractivity contribution in [3.63, 3.8) is 0 Å². The summed E-state index contributed by atoms with van der Waals surface area (Å²) in [5.41, 5.74) is 1.38. The largest absolute Gasteiger partial charge is 0.491 e. The molecule has 0 aliphatic carbocycles. The van der Waals surface area contributed by atoms with E-state index in [0.29, 0.717) is 17.9 Å². The standard InChI is InChI=1S/C19H20N2O3/c1-14(2)24-17-9-7-15(8-10-17)12-21-19(22)13-23-18-6-4-3-5-16(18)11-20/h3-10,14H,12-13H2,1-2H3,(H,21,22). The average molecular weight is 324 g/mol. The average Bonchev–Trinajstić information content (AvgIpc) is 2.59. The van der Waals surface area contributed by atoms with E-state index in [0.717, 1.165) is 11.3 Å². The Kier molecular flexibility index (Phi) is 6.21. The summed E-state index contributed by atoms with van der Waals surface area (Å²) in [6.45, 7) is 4.22. The topological polar surface area (TPSA) is 71.3 Å². The fraction of sp³-hybridized carbons (Fsp3) is 0.263. The molecule has 0 heterocycles. The molecule has 0 fully saturated rings. The van der Waals surface area contributed by atoms with Crippen molar-refractivity contribution in [3.05, 3.63) is 59.7 Å². The first-order valence-corrected chi connectivity index (χ1v) is 7.72. The lowest BCUT2D eigenvalue weighted by molar-refractivity contribution is -0.123. The number of carbonyl (C=O) groups excluding carboxylic acids is 1. The normalized spacial score (nSPS) is 10.1. The zero-order valence-corrected chi connectivity index (χ0v) is 13.8. The van der Waals surface area contributed by atoms with E-state index < -0.39 is 0 Å². The van der Waals surface area contributed by atoms with E-state index in [1.807, 2.05) is 44.2 Å². The van der Waals surface area contributed by atoms with Gasteiger partial charge in [-0.15, -0.1) is 0 Å². The molecule has 0 saturated carbocycles. The first-order valence-electron chi connectivity index (χ1n) is 7.72. The Bertz CT molecular complexity index is 718. The van der Waals surface area contributed by atoms with E-state index in [4.69, 9.17) is 14.7 Å². The third-order valence-corrected chi connectivity index (χ3v) is 3.15. The monoisotopic (exact) mass is 324 g/mol. The van der Waals surface area contributed by atoms with Crippen LogP contribution < -0.4 is 14.8 Å². The van der Waals surface area contributed by atoms with Crippen LogP contribution in [0, 0.1) is 11.3 Å². The smallest absolute Gasteiger partial charge is 0.258 e. The Balaban J connectivity index is 1.80. The van der Waals surface area contributed by atoms with E-state index in [1.54, 1.807) is 24.3 Å². The van der Waals surface area contributed by atoms with Crippen LogP contribution in [-0.2, 0) is 11.3 Å². The van der Waals surface area contributed by atoms with Crippen LogP contribution in [-0.4, -0.2) is 18.6 Å². The number of benzene rings is 2.